The first-order chi connectivity index (χ1) is 10.2. The van der Waals surface area contributed by atoms with Crippen molar-refractivity contribution in [2.24, 2.45) is 5.92 Å². The number of anilines is 1. The van der Waals surface area contributed by atoms with Gasteiger partial charge in [0.05, 0.1) is 11.6 Å². The fraction of sp³-hybridized carbons (Fsp3) is 0.438. The van der Waals surface area contributed by atoms with Gasteiger partial charge in [-0.1, -0.05) is 0 Å². The Morgan fingerprint density at radius 1 is 1.29 bits per heavy atom. The predicted octanol–water partition coefficient (Wildman–Crippen LogP) is 2.57. The second-order valence-electron chi connectivity index (χ2n) is 5.43. The molecule has 3 rings (SSSR count). The molecule has 0 saturated carbocycles. The molecule has 112 valence electrons. The Labute approximate surface area is 123 Å². The number of ether oxygens (including phenoxy) is 1. The number of fused-ring (bicyclic) bond motifs is 1. The highest BCUT2D eigenvalue weighted by Crippen LogP contribution is 2.20. The molecule has 5 heteroatoms. The molecular weight excluding hydrogens is 271 g/mol. The Morgan fingerprint density at radius 2 is 2.05 bits per heavy atom. The normalized spacial score (nSPS) is 17.8. The smallest absolute Gasteiger partial charge is 0.126 e. The Morgan fingerprint density at radius 3 is 2.86 bits per heavy atom. The molecule has 0 aliphatic carbocycles. The lowest BCUT2D eigenvalue weighted by Gasteiger charge is -2.26. The first-order valence-electron chi connectivity index (χ1n) is 7.28. The van der Waals surface area contributed by atoms with Crippen molar-refractivity contribution >= 4 is 16.7 Å². The van der Waals surface area contributed by atoms with Crippen LogP contribution in [0.4, 0.5) is 10.2 Å². The maximum atomic E-state index is 13.2. The van der Waals surface area contributed by atoms with E-state index in [0.29, 0.717) is 17.9 Å². The predicted molar refractivity (Wildman–Crippen MR) is 79.7 cm³/mol. The molecule has 1 atom stereocenters. The maximum absolute atomic E-state index is 13.2. The van der Waals surface area contributed by atoms with Crippen LogP contribution in [-0.2, 0) is 4.74 Å². The fourth-order valence-electron chi connectivity index (χ4n) is 2.67. The fourth-order valence-corrected chi connectivity index (χ4v) is 2.67. The number of hydrogen-bond acceptors (Lipinski definition) is 4. The van der Waals surface area contributed by atoms with E-state index in [1.165, 1.54) is 12.1 Å². The lowest BCUT2D eigenvalue weighted by Crippen LogP contribution is -2.32. The zero-order valence-electron chi connectivity index (χ0n) is 11.8. The van der Waals surface area contributed by atoms with E-state index in [1.807, 2.05) is 12.1 Å². The van der Waals surface area contributed by atoms with E-state index in [2.05, 4.69) is 10.3 Å². The molecule has 0 bridgehead atoms. The molecule has 2 aromatic rings. The van der Waals surface area contributed by atoms with Crippen molar-refractivity contribution in [3.05, 3.63) is 36.1 Å². The zero-order valence-corrected chi connectivity index (χ0v) is 11.8. The number of rotatable bonds is 4. The van der Waals surface area contributed by atoms with Gasteiger partial charge in [-0.25, -0.2) is 9.37 Å². The second-order valence-corrected chi connectivity index (χ2v) is 5.43. The quantitative estimate of drug-likeness (QED) is 0.908. The lowest BCUT2D eigenvalue weighted by atomic mass is 9.94. The number of benzene rings is 1. The Balaban J connectivity index is 1.64. The standard InChI is InChI=1S/C16H19FN2O2/c17-13-3-1-11-2-4-16(19-14(11)9-13)18-10-15(20)12-5-7-21-8-6-12/h1-4,9,12,15,20H,5-8,10H2,(H,18,19). The largest absolute Gasteiger partial charge is 0.391 e. The number of aromatic nitrogens is 1. The molecule has 2 heterocycles. The van der Waals surface area contributed by atoms with Crippen LogP contribution >= 0.6 is 0 Å². The summed E-state index contributed by atoms with van der Waals surface area (Å²) in [5.74, 6) is 0.623. The topological polar surface area (TPSA) is 54.4 Å². The first-order valence-corrected chi connectivity index (χ1v) is 7.28. The number of aliphatic hydroxyl groups is 1. The molecule has 1 aromatic carbocycles. The first kappa shape index (κ1) is 14.2. The summed E-state index contributed by atoms with van der Waals surface area (Å²) in [6.07, 6.45) is 1.36. The van der Waals surface area contributed by atoms with Crippen LogP contribution < -0.4 is 5.32 Å². The Kier molecular flexibility index (Phi) is 4.31. The van der Waals surface area contributed by atoms with Crippen molar-refractivity contribution in [3.8, 4) is 0 Å². The maximum Gasteiger partial charge on any atom is 0.126 e. The highest BCUT2D eigenvalue weighted by Gasteiger charge is 2.21. The summed E-state index contributed by atoms with van der Waals surface area (Å²) in [5, 5.41) is 14.2. The molecule has 21 heavy (non-hydrogen) atoms. The van der Waals surface area contributed by atoms with Crippen molar-refractivity contribution in [1.29, 1.82) is 0 Å². The minimum atomic E-state index is -0.418. The summed E-state index contributed by atoms with van der Waals surface area (Å²) in [4.78, 5) is 4.37. The van der Waals surface area contributed by atoms with Gasteiger partial charge in [0.25, 0.3) is 0 Å². The molecule has 4 nitrogen and oxygen atoms in total. The molecule has 2 N–H and O–H groups in total. The average Bonchev–Trinajstić information content (AvgIpc) is 2.53. The van der Waals surface area contributed by atoms with Gasteiger partial charge in [0.2, 0.25) is 0 Å². The monoisotopic (exact) mass is 290 g/mol. The van der Waals surface area contributed by atoms with Crippen LogP contribution in [0.1, 0.15) is 12.8 Å². The lowest BCUT2D eigenvalue weighted by molar-refractivity contribution is 0.0131. The van der Waals surface area contributed by atoms with E-state index in [4.69, 9.17) is 4.74 Å². The number of aliphatic hydroxyl groups excluding tert-OH is 1. The van der Waals surface area contributed by atoms with E-state index < -0.39 is 6.10 Å². The molecular formula is C16H19FN2O2. The van der Waals surface area contributed by atoms with Gasteiger partial charge in [-0.05, 0) is 43.0 Å². The van der Waals surface area contributed by atoms with Gasteiger partial charge >= 0.3 is 0 Å². The molecule has 1 saturated heterocycles. The van der Waals surface area contributed by atoms with Crippen LogP contribution in [0.25, 0.3) is 10.9 Å². The average molecular weight is 290 g/mol. The van der Waals surface area contributed by atoms with E-state index in [1.54, 1.807) is 6.07 Å². The summed E-state index contributed by atoms with van der Waals surface area (Å²) in [6.45, 7) is 1.88. The SMILES string of the molecule is OC(CNc1ccc2ccc(F)cc2n1)C1CCOCC1. The number of hydrogen-bond donors (Lipinski definition) is 2. The highest BCUT2D eigenvalue weighted by atomic mass is 19.1. The van der Waals surface area contributed by atoms with Crippen LogP contribution in [0.5, 0.6) is 0 Å². The van der Waals surface area contributed by atoms with Gasteiger partial charge in [-0.2, -0.15) is 0 Å². The minimum Gasteiger partial charge on any atom is -0.391 e. The molecule has 0 radical (unpaired) electrons. The van der Waals surface area contributed by atoms with Crippen LogP contribution in [0.2, 0.25) is 0 Å². The summed E-state index contributed by atoms with van der Waals surface area (Å²) < 4.78 is 18.5. The summed E-state index contributed by atoms with van der Waals surface area (Å²) in [6, 6.07) is 8.28. The zero-order chi connectivity index (χ0) is 14.7. The van der Waals surface area contributed by atoms with Crippen LogP contribution in [0.15, 0.2) is 30.3 Å². The second kappa shape index (κ2) is 6.37. The van der Waals surface area contributed by atoms with E-state index in [0.717, 1.165) is 31.4 Å². The van der Waals surface area contributed by atoms with Crippen molar-refractivity contribution < 1.29 is 14.2 Å². The van der Waals surface area contributed by atoms with Crippen LogP contribution in [0.3, 0.4) is 0 Å². The van der Waals surface area contributed by atoms with Crippen LogP contribution in [0, 0.1) is 11.7 Å². The number of pyridine rings is 1. The molecule has 0 spiro atoms. The molecule has 0 amide bonds. The van der Waals surface area contributed by atoms with E-state index in [9.17, 15) is 9.50 Å². The van der Waals surface area contributed by atoms with Crippen molar-refractivity contribution in [2.45, 2.75) is 18.9 Å². The molecule has 1 aliphatic heterocycles. The van der Waals surface area contributed by atoms with Crippen molar-refractivity contribution in [2.75, 3.05) is 25.1 Å². The van der Waals surface area contributed by atoms with E-state index >= 15 is 0 Å². The Hall–Kier alpha value is -1.72. The molecule has 1 fully saturated rings. The van der Waals surface area contributed by atoms with Gasteiger partial charge in [0.15, 0.2) is 0 Å². The summed E-state index contributed by atoms with van der Waals surface area (Å²) in [7, 11) is 0. The van der Waals surface area contributed by atoms with E-state index in [-0.39, 0.29) is 11.7 Å². The third kappa shape index (κ3) is 3.49. The summed E-state index contributed by atoms with van der Waals surface area (Å²) >= 11 is 0. The van der Waals surface area contributed by atoms with Gasteiger partial charge in [-0.15, -0.1) is 0 Å². The van der Waals surface area contributed by atoms with Gasteiger partial charge in [0, 0.05) is 31.2 Å². The Bertz CT molecular complexity index is 614. The molecule has 1 aliphatic rings. The number of halogens is 1. The van der Waals surface area contributed by atoms with Crippen molar-refractivity contribution in [3.63, 3.8) is 0 Å². The third-order valence-electron chi connectivity index (χ3n) is 3.96. The highest BCUT2D eigenvalue weighted by molar-refractivity contribution is 5.80. The van der Waals surface area contributed by atoms with Gasteiger partial charge < -0.3 is 15.2 Å². The van der Waals surface area contributed by atoms with Gasteiger partial charge in [-0.3, -0.25) is 0 Å². The number of nitrogens with one attached hydrogen (secondary N) is 1. The summed E-state index contributed by atoms with van der Waals surface area (Å²) in [5.41, 5.74) is 0.612. The minimum absolute atomic E-state index is 0.268. The van der Waals surface area contributed by atoms with Crippen molar-refractivity contribution in [1.82, 2.24) is 4.98 Å². The molecule has 1 aromatic heterocycles. The van der Waals surface area contributed by atoms with Gasteiger partial charge in [0.1, 0.15) is 11.6 Å². The molecule has 1 unspecified atom stereocenters. The third-order valence-corrected chi connectivity index (χ3v) is 3.96. The van der Waals surface area contributed by atoms with Crippen LogP contribution in [-0.4, -0.2) is 36.0 Å². The number of nitrogens with zero attached hydrogens (tertiary/aromatic N) is 1.